The number of pyridine rings is 2. The third-order valence-corrected chi connectivity index (χ3v) is 5.91. The lowest BCUT2D eigenvalue weighted by Gasteiger charge is -2.06. The van der Waals surface area contributed by atoms with Gasteiger partial charge in [-0.1, -0.05) is 12.1 Å². The molecule has 0 spiro atoms. The molecule has 1 aliphatic rings. The van der Waals surface area contributed by atoms with Gasteiger partial charge in [-0.05, 0) is 59.7 Å². The Bertz CT molecular complexity index is 1410. The molecule has 6 nitrogen and oxygen atoms in total. The molecule has 0 N–H and O–H groups in total. The minimum atomic E-state index is 0.403. The summed E-state index contributed by atoms with van der Waals surface area (Å²) in [5.74, 6) is 0. The largest absolute Gasteiger partial charge is 0.456 e. The summed E-state index contributed by atoms with van der Waals surface area (Å²) in [6.07, 6.45) is 0. The van der Waals surface area contributed by atoms with E-state index in [0.717, 1.165) is 66.7 Å². The molecule has 1 aliphatic heterocycles. The molecule has 8 bridgehead atoms. The van der Waals surface area contributed by atoms with Gasteiger partial charge in [-0.15, -0.1) is 0 Å². The molecule has 0 aliphatic carbocycles. The zero-order valence-corrected chi connectivity index (χ0v) is 17.1. The fourth-order valence-electron chi connectivity index (χ4n) is 4.35. The van der Waals surface area contributed by atoms with Crippen LogP contribution in [-0.2, 0) is 35.9 Å². The van der Waals surface area contributed by atoms with Gasteiger partial charge >= 0.3 is 0 Å². The fraction of sp³-hybridized carbons (Fsp3) is 0.154. The van der Waals surface area contributed by atoms with E-state index in [1.54, 1.807) is 0 Å². The fourth-order valence-corrected chi connectivity index (χ4v) is 4.35. The van der Waals surface area contributed by atoms with E-state index in [1.165, 1.54) is 0 Å². The van der Waals surface area contributed by atoms with Crippen molar-refractivity contribution in [3.8, 4) is 0 Å². The van der Waals surface area contributed by atoms with Crippen molar-refractivity contribution in [3.63, 3.8) is 0 Å². The summed E-state index contributed by atoms with van der Waals surface area (Å²) in [7, 11) is 0. The molecule has 4 aromatic heterocycles. The van der Waals surface area contributed by atoms with Crippen molar-refractivity contribution in [2.45, 2.75) is 26.4 Å². The predicted molar refractivity (Wildman–Crippen MR) is 120 cm³/mol. The van der Waals surface area contributed by atoms with E-state index in [4.69, 9.17) is 28.3 Å². The number of hydrogen-bond acceptors (Lipinski definition) is 6. The zero-order chi connectivity index (χ0) is 21.1. The van der Waals surface area contributed by atoms with E-state index < -0.39 is 0 Å². The van der Waals surface area contributed by atoms with Crippen molar-refractivity contribution in [2.75, 3.05) is 0 Å². The van der Waals surface area contributed by atoms with Gasteiger partial charge in [0.05, 0.1) is 37.8 Å². The molecule has 6 aromatic rings. The summed E-state index contributed by atoms with van der Waals surface area (Å²) in [5, 5.41) is 2.16. The molecule has 5 heterocycles. The second-order valence-corrected chi connectivity index (χ2v) is 8.15. The first-order valence-electron chi connectivity index (χ1n) is 10.6. The number of aromatic nitrogens is 2. The molecule has 156 valence electrons. The molecular formula is C26H18N2O4. The van der Waals surface area contributed by atoms with E-state index in [1.807, 2.05) is 48.5 Å². The molecule has 2 aromatic carbocycles. The van der Waals surface area contributed by atoms with E-state index in [0.29, 0.717) is 26.4 Å². The highest BCUT2D eigenvalue weighted by Crippen LogP contribution is 2.31. The van der Waals surface area contributed by atoms with Crippen molar-refractivity contribution < 1.29 is 18.3 Å². The van der Waals surface area contributed by atoms with Crippen molar-refractivity contribution in [2.24, 2.45) is 0 Å². The third kappa shape index (κ3) is 2.88. The molecule has 0 fully saturated rings. The van der Waals surface area contributed by atoms with Crippen LogP contribution in [0.15, 0.2) is 69.5 Å². The monoisotopic (exact) mass is 422 g/mol. The minimum Gasteiger partial charge on any atom is -0.456 e. The molecule has 0 saturated heterocycles. The normalized spacial score (nSPS) is 14.8. The number of rotatable bonds is 0. The van der Waals surface area contributed by atoms with Crippen LogP contribution in [0.2, 0.25) is 0 Å². The van der Waals surface area contributed by atoms with Crippen LogP contribution in [0.4, 0.5) is 0 Å². The second-order valence-electron chi connectivity index (χ2n) is 8.15. The molecule has 0 unspecified atom stereocenters. The van der Waals surface area contributed by atoms with Crippen molar-refractivity contribution in [1.29, 1.82) is 0 Å². The molecule has 7 rings (SSSR count). The van der Waals surface area contributed by atoms with Crippen LogP contribution >= 0.6 is 0 Å². The first-order valence-corrected chi connectivity index (χ1v) is 10.6. The lowest BCUT2D eigenvalue weighted by atomic mass is 10.1. The van der Waals surface area contributed by atoms with E-state index in [9.17, 15) is 0 Å². The van der Waals surface area contributed by atoms with Gasteiger partial charge in [0.15, 0.2) is 11.2 Å². The van der Waals surface area contributed by atoms with Gasteiger partial charge < -0.3 is 18.3 Å². The second kappa shape index (κ2) is 6.88. The number of hydrogen-bond donors (Lipinski definition) is 0. The van der Waals surface area contributed by atoms with Crippen molar-refractivity contribution >= 4 is 44.1 Å². The lowest BCUT2D eigenvalue weighted by molar-refractivity contribution is 0.105. The average Bonchev–Trinajstić information content (AvgIpc) is 3.36. The summed E-state index contributed by atoms with van der Waals surface area (Å²) in [5.41, 5.74) is 8.52. The molecule has 6 heteroatoms. The van der Waals surface area contributed by atoms with Gasteiger partial charge in [-0.2, -0.15) is 0 Å². The number of fused-ring (bicyclic) bond motifs is 4. The predicted octanol–water partition coefficient (Wildman–Crippen LogP) is 6.02. The highest BCUT2D eigenvalue weighted by atomic mass is 16.5. The first-order chi connectivity index (χ1) is 15.8. The van der Waals surface area contributed by atoms with Gasteiger partial charge in [0.25, 0.3) is 0 Å². The van der Waals surface area contributed by atoms with Gasteiger partial charge in [0.1, 0.15) is 22.2 Å². The summed E-state index contributed by atoms with van der Waals surface area (Å²) < 4.78 is 23.9. The molecule has 0 saturated carbocycles. The average molecular weight is 422 g/mol. The Labute approximate surface area is 182 Å². The summed E-state index contributed by atoms with van der Waals surface area (Å²) >= 11 is 0. The van der Waals surface area contributed by atoms with E-state index in [-0.39, 0.29) is 0 Å². The maximum Gasteiger partial charge on any atom is 0.155 e. The van der Waals surface area contributed by atoms with Gasteiger partial charge in [-0.25, -0.2) is 9.97 Å². The van der Waals surface area contributed by atoms with Crippen LogP contribution < -0.4 is 0 Å². The molecule has 0 atom stereocenters. The Balaban J connectivity index is 1.35. The summed E-state index contributed by atoms with van der Waals surface area (Å²) in [4.78, 5) is 9.52. The van der Waals surface area contributed by atoms with Crippen LogP contribution in [0.25, 0.3) is 44.1 Å². The smallest absolute Gasteiger partial charge is 0.155 e. The first kappa shape index (κ1) is 17.9. The molecular weight excluding hydrogens is 404 g/mol. The quantitative estimate of drug-likeness (QED) is 0.298. The minimum absolute atomic E-state index is 0.403. The third-order valence-electron chi connectivity index (χ3n) is 5.91. The van der Waals surface area contributed by atoms with Crippen LogP contribution in [0.5, 0.6) is 0 Å². The number of ether oxygens (including phenoxy) is 2. The Morgan fingerprint density at radius 2 is 0.969 bits per heavy atom. The van der Waals surface area contributed by atoms with E-state index in [2.05, 4.69) is 12.1 Å². The topological polar surface area (TPSA) is 70.5 Å². The maximum atomic E-state index is 6.02. The highest BCUT2D eigenvalue weighted by Gasteiger charge is 2.13. The molecule has 0 radical (unpaired) electrons. The van der Waals surface area contributed by atoms with Gasteiger partial charge in [-0.3, -0.25) is 0 Å². The molecule has 32 heavy (non-hydrogen) atoms. The standard InChI is InChI=1S/C26H18N2O4/c1-5-21-19-9-15(1)11-29-13-17-3-7-23-25(27-17)26-24(32-23)8-4-18(28-26)14-30-12-16-2-6-22(31-21)20(19)10-16/h1-10H,11-14H2. The lowest BCUT2D eigenvalue weighted by Crippen LogP contribution is -1.98. The SMILES string of the molecule is c1cc2oc3ccc4cc3c2cc1COCc1ccc2oc3ccc(nc3c2n1)COC4. The van der Waals surface area contributed by atoms with E-state index >= 15 is 0 Å². The van der Waals surface area contributed by atoms with Crippen LogP contribution in [-0.4, -0.2) is 9.97 Å². The van der Waals surface area contributed by atoms with Crippen molar-refractivity contribution in [1.82, 2.24) is 9.97 Å². The van der Waals surface area contributed by atoms with Gasteiger partial charge in [0.2, 0.25) is 0 Å². The van der Waals surface area contributed by atoms with Crippen LogP contribution in [0.1, 0.15) is 22.5 Å². The number of nitrogens with zero attached hydrogens (tertiary/aromatic N) is 2. The summed E-state index contributed by atoms with van der Waals surface area (Å²) in [6, 6.07) is 20.1. The number of furan rings is 2. The van der Waals surface area contributed by atoms with Crippen LogP contribution in [0, 0.1) is 0 Å². The molecule has 0 amide bonds. The van der Waals surface area contributed by atoms with Crippen LogP contribution in [0.3, 0.4) is 0 Å². The van der Waals surface area contributed by atoms with Gasteiger partial charge in [0, 0.05) is 10.8 Å². The highest BCUT2D eigenvalue weighted by molar-refractivity contribution is 6.05. The summed E-state index contributed by atoms with van der Waals surface area (Å²) in [6.45, 7) is 1.78. The Kier molecular flexibility index (Phi) is 3.85. The number of benzene rings is 2. The Morgan fingerprint density at radius 3 is 1.50 bits per heavy atom. The maximum absolute atomic E-state index is 6.02. The zero-order valence-electron chi connectivity index (χ0n) is 17.1. The van der Waals surface area contributed by atoms with Crippen molar-refractivity contribution in [3.05, 3.63) is 83.2 Å². The Hall–Kier alpha value is -3.74. The Morgan fingerprint density at radius 1 is 0.500 bits per heavy atom.